The molecule has 0 spiro atoms. The number of hydrogen-bond acceptors (Lipinski definition) is 2. The van der Waals surface area contributed by atoms with Crippen molar-refractivity contribution >= 4 is 27.5 Å². The Balaban J connectivity index is 1.69. The zero-order chi connectivity index (χ0) is 16.9. The van der Waals surface area contributed by atoms with Gasteiger partial charge in [-0.15, -0.1) is 0 Å². The molecule has 0 aliphatic carbocycles. The number of ether oxygens (including phenoxy) is 1. The normalized spacial score (nSPS) is 10.9. The summed E-state index contributed by atoms with van der Waals surface area (Å²) in [7, 11) is 0. The van der Waals surface area contributed by atoms with E-state index in [1.165, 1.54) is 27.1 Å². The lowest BCUT2D eigenvalue weighted by Crippen LogP contribution is -2.06. The molecule has 3 rings (SSSR count). The van der Waals surface area contributed by atoms with Crippen molar-refractivity contribution in [2.45, 2.75) is 26.2 Å². The molecule has 0 N–H and O–H groups in total. The van der Waals surface area contributed by atoms with Crippen molar-refractivity contribution in [3.05, 3.63) is 72.3 Å². The molecule has 0 atom stereocenters. The van der Waals surface area contributed by atoms with Gasteiger partial charge in [0.1, 0.15) is 0 Å². The van der Waals surface area contributed by atoms with Crippen LogP contribution in [0.1, 0.15) is 25.3 Å². The van der Waals surface area contributed by atoms with Gasteiger partial charge in [0.25, 0.3) is 0 Å². The average molecular weight is 318 g/mol. The van der Waals surface area contributed by atoms with Gasteiger partial charge in [-0.2, -0.15) is 0 Å². The molecule has 0 radical (unpaired) electrons. The average Bonchev–Trinajstić information content (AvgIpc) is 2.59. The monoisotopic (exact) mass is 318 g/mol. The van der Waals surface area contributed by atoms with Gasteiger partial charge in [0.15, 0.2) is 0 Å². The standard InChI is InChI=1S/C22H22O2/c1-16(2)22(23)24-13-6-5-8-17-11-7-12-20-14-18-9-3-4-10-19(18)15-21(17)20/h3-4,7,9-12,14-15H,1,5-6,8,13H2,2H3. The predicted octanol–water partition coefficient (Wildman–Crippen LogP) is 5.44. The van der Waals surface area contributed by atoms with E-state index in [0.29, 0.717) is 12.2 Å². The van der Waals surface area contributed by atoms with Crippen LogP contribution in [-0.2, 0) is 16.0 Å². The third-order valence-corrected chi connectivity index (χ3v) is 4.26. The summed E-state index contributed by atoms with van der Waals surface area (Å²) in [4.78, 5) is 11.4. The summed E-state index contributed by atoms with van der Waals surface area (Å²) in [5.41, 5.74) is 1.81. The van der Waals surface area contributed by atoms with Gasteiger partial charge in [-0.05, 0) is 65.4 Å². The van der Waals surface area contributed by atoms with E-state index in [4.69, 9.17) is 4.74 Å². The summed E-state index contributed by atoms with van der Waals surface area (Å²) in [5.74, 6) is -0.299. The summed E-state index contributed by atoms with van der Waals surface area (Å²) in [6.07, 6.45) is 2.85. The topological polar surface area (TPSA) is 26.3 Å². The second-order valence-corrected chi connectivity index (χ2v) is 6.21. The molecule has 0 aromatic heterocycles. The van der Waals surface area contributed by atoms with E-state index < -0.39 is 0 Å². The van der Waals surface area contributed by atoms with Crippen LogP contribution in [-0.4, -0.2) is 12.6 Å². The number of hydrogen-bond donors (Lipinski definition) is 0. The van der Waals surface area contributed by atoms with E-state index >= 15 is 0 Å². The van der Waals surface area contributed by atoms with E-state index in [1.54, 1.807) is 6.92 Å². The SMILES string of the molecule is C=C(C)C(=O)OCCCCc1cccc2cc3ccccc3cc12. The van der Waals surface area contributed by atoms with E-state index in [9.17, 15) is 4.79 Å². The molecule has 3 aromatic rings. The Morgan fingerprint density at radius 2 is 1.67 bits per heavy atom. The molecule has 0 heterocycles. The molecule has 0 fully saturated rings. The van der Waals surface area contributed by atoms with Gasteiger partial charge in [0.2, 0.25) is 0 Å². The minimum Gasteiger partial charge on any atom is -0.462 e. The van der Waals surface area contributed by atoms with Crippen LogP contribution < -0.4 is 0 Å². The number of carbonyl (C=O) groups excluding carboxylic acids is 1. The summed E-state index contributed by atoms with van der Waals surface area (Å²) in [6.45, 7) is 5.71. The van der Waals surface area contributed by atoms with Crippen molar-refractivity contribution in [1.29, 1.82) is 0 Å². The zero-order valence-corrected chi connectivity index (χ0v) is 14.0. The molecule has 3 aromatic carbocycles. The van der Waals surface area contributed by atoms with Crippen molar-refractivity contribution in [1.82, 2.24) is 0 Å². The molecule has 0 unspecified atom stereocenters. The van der Waals surface area contributed by atoms with E-state index in [-0.39, 0.29) is 5.97 Å². The number of unbranched alkanes of at least 4 members (excludes halogenated alkanes) is 1. The lowest BCUT2D eigenvalue weighted by Gasteiger charge is -2.09. The number of benzene rings is 3. The van der Waals surface area contributed by atoms with Gasteiger partial charge in [0.05, 0.1) is 6.61 Å². The van der Waals surface area contributed by atoms with E-state index in [0.717, 1.165) is 19.3 Å². The van der Waals surface area contributed by atoms with Crippen LogP contribution in [0.3, 0.4) is 0 Å². The van der Waals surface area contributed by atoms with Gasteiger partial charge in [-0.1, -0.05) is 49.0 Å². The molecule has 24 heavy (non-hydrogen) atoms. The van der Waals surface area contributed by atoms with Crippen molar-refractivity contribution in [3.8, 4) is 0 Å². The Bertz CT molecular complexity index is 893. The van der Waals surface area contributed by atoms with Crippen LogP contribution in [0.25, 0.3) is 21.5 Å². The highest BCUT2D eigenvalue weighted by Gasteiger charge is 2.05. The summed E-state index contributed by atoms with van der Waals surface area (Å²) in [6, 6.07) is 19.5. The number of rotatable bonds is 6. The molecular formula is C22H22O2. The highest BCUT2D eigenvalue weighted by molar-refractivity contribution is 5.99. The van der Waals surface area contributed by atoms with Crippen LogP contribution in [0, 0.1) is 0 Å². The van der Waals surface area contributed by atoms with Gasteiger partial charge < -0.3 is 4.74 Å². The summed E-state index contributed by atoms with van der Waals surface area (Å²) in [5, 5.41) is 5.14. The first-order valence-corrected chi connectivity index (χ1v) is 8.38. The highest BCUT2D eigenvalue weighted by Crippen LogP contribution is 2.26. The van der Waals surface area contributed by atoms with E-state index in [1.807, 2.05) is 0 Å². The van der Waals surface area contributed by atoms with Crippen molar-refractivity contribution in [2.75, 3.05) is 6.61 Å². The maximum atomic E-state index is 11.4. The third kappa shape index (κ3) is 3.65. The van der Waals surface area contributed by atoms with Gasteiger partial charge in [-0.3, -0.25) is 0 Å². The quantitative estimate of drug-likeness (QED) is 0.262. The second-order valence-electron chi connectivity index (χ2n) is 6.21. The molecular weight excluding hydrogens is 296 g/mol. The van der Waals surface area contributed by atoms with Crippen molar-refractivity contribution < 1.29 is 9.53 Å². The van der Waals surface area contributed by atoms with Gasteiger partial charge in [0, 0.05) is 5.57 Å². The van der Waals surface area contributed by atoms with Gasteiger partial charge >= 0.3 is 5.97 Å². The Kier molecular flexibility index (Phi) is 4.95. The minimum atomic E-state index is -0.299. The smallest absolute Gasteiger partial charge is 0.333 e. The Labute approximate surface area is 142 Å². The lowest BCUT2D eigenvalue weighted by atomic mass is 9.97. The van der Waals surface area contributed by atoms with Crippen LogP contribution in [0.2, 0.25) is 0 Å². The first kappa shape index (κ1) is 16.3. The van der Waals surface area contributed by atoms with Crippen LogP contribution in [0.4, 0.5) is 0 Å². The van der Waals surface area contributed by atoms with Crippen LogP contribution in [0.15, 0.2) is 66.7 Å². The molecule has 2 nitrogen and oxygen atoms in total. The maximum absolute atomic E-state index is 11.4. The maximum Gasteiger partial charge on any atom is 0.333 e. The molecule has 0 aliphatic rings. The fraction of sp³-hybridized carbons (Fsp3) is 0.227. The molecule has 0 aliphatic heterocycles. The molecule has 2 heteroatoms. The van der Waals surface area contributed by atoms with Crippen LogP contribution in [0.5, 0.6) is 0 Å². The Hall–Kier alpha value is -2.61. The van der Waals surface area contributed by atoms with Gasteiger partial charge in [-0.25, -0.2) is 4.79 Å². The fourth-order valence-corrected chi connectivity index (χ4v) is 2.96. The third-order valence-electron chi connectivity index (χ3n) is 4.26. The molecule has 0 saturated carbocycles. The predicted molar refractivity (Wildman–Crippen MR) is 100 cm³/mol. The molecule has 0 bridgehead atoms. The number of carbonyl (C=O) groups is 1. The Morgan fingerprint density at radius 1 is 0.958 bits per heavy atom. The Morgan fingerprint density at radius 3 is 2.42 bits per heavy atom. The largest absolute Gasteiger partial charge is 0.462 e. The number of esters is 1. The number of fused-ring (bicyclic) bond motifs is 2. The van der Waals surface area contributed by atoms with Crippen LogP contribution >= 0.6 is 0 Å². The second kappa shape index (κ2) is 7.31. The first-order chi connectivity index (χ1) is 11.6. The zero-order valence-electron chi connectivity index (χ0n) is 14.0. The molecule has 122 valence electrons. The summed E-state index contributed by atoms with van der Waals surface area (Å²) < 4.78 is 5.15. The van der Waals surface area contributed by atoms with Crippen molar-refractivity contribution in [2.24, 2.45) is 0 Å². The fourth-order valence-electron chi connectivity index (χ4n) is 2.96. The first-order valence-electron chi connectivity index (χ1n) is 8.38. The molecule has 0 saturated heterocycles. The summed E-state index contributed by atoms with van der Waals surface area (Å²) >= 11 is 0. The molecule has 0 amide bonds. The minimum absolute atomic E-state index is 0.299. The highest BCUT2D eigenvalue weighted by atomic mass is 16.5. The lowest BCUT2D eigenvalue weighted by molar-refractivity contribution is -0.139. The number of aryl methyl sites for hydroxylation is 1. The van der Waals surface area contributed by atoms with E-state index in [2.05, 4.69) is 61.2 Å². The van der Waals surface area contributed by atoms with Crippen molar-refractivity contribution in [3.63, 3.8) is 0 Å².